The maximum absolute atomic E-state index is 3.58. The maximum Gasteiger partial charge on any atom is 0.0459 e. The van der Waals surface area contributed by atoms with Crippen LogP contribution in [0.1, 0.15) is 36.1 Å². The monoisotopic (exact) mass is 303 g/mol. The van der Waals surface area contributed by atoms with Crippen LogP contribution < -0.4 is 0 Å². The number of nitrogens with one attached hydrogen (secondary N) is 1. The largest absolute Gasteiger partial charge is 0.358 e. The molecule has 1 aromatic carbocycles. The fraction of sp³-hybridized carbons (Fsp3) is 0.375. The standard InChI is InChI=1S/C16H18BrN/c17-10-4-3-5-12-8-9-16-14(11-12)13-6-1-2-7-15(13)18-16/h3,5,8-9,11,18H,1-2,4,6-7,10H2. The van der Waals surface area contributed by atoms with Crippen molar-refractivity contribution in [1.82, 2.24) is 4.98 Å². The lowest BCUT2D eigenvalue weighted by Crippen LogP contribution is -1.99. The van der Waals surface area contributed by atoms with Gasteiger partial charge in [0, 0.05) is 21.9 Å². The van der Waals surface area contributed by atoms with Crippen molar-refractivity contribution in [3.8, 4) is 0 Å². The number of H-pyrrole nitrogens is 1. The summed E-state index contributed by atoms with van der Waals surface area (Å²) in [5, 5.41) is 2.47. The summed E-state index contributed by atoms with van der Waals surface area (Å²) >= 11 is 3.45. The zero-order valence-electron chi connectivity index (χ0n) is 10.5. The van der Waals surface area contributed by atoms with E-state index in [-0.39, 0.29) is 0 Å². The number of rotatable bonds is 3. The van der Waals surface area contributed by atoms with E-state index in [9.17, 15) is 0 Å². The van der Waals surface area contributed by atoms with E-state index in [1.165, 1.54) is 47.8 Å². The Balaban J connectivity index is 2.00. The number of aromatic nitrogens is 1. The Morgan fingerprint density at radius 2 is 2.11 bits per heavy atom. The average molecular weight is 304 g/mol. The predicted octanol–water partition coefficient (Wildman–Crippen LogP) is 4.84. The zero-order chi connectivity index (χ0) is 12.4. The van der Waals surface area contributed by atoms with Gasteiger partial charge in [0.05, 0.1) is 0 Å². The van der Waals surface area contributed by atoms with Gasteiger partial charge in [0.1, 0.15) is 0 Å². The SMILES string of the molecule is BrCCC=Cc1ccc2[nH]c3c(c2c1)CCCC3. The Kier molecular flexibility index (Phi) is 3.55. The minimum atomic E-state index is 1.03. The summed E-state index contributed by atoms with van der Waals surface area (Å²) in [6, 6.07) is 6.76. The number of alkyl halides is 1. The molecule has 1 N–H and O–H groups in total. The van der Waals surface area contributed by atoms with E-state index < -0.39 is 0 Å². The van der Waals surface area contributed by atoms with Crippen molar-refractivity contribution in [1.29, 1.82) is 0 Å². The molecule has 0 saturated heterocycles. The Morgan fingerprint density at radius 1 is 1.22 bits per heavy atom. The molecule has 0 amide bonds. The van der Waals surface area contributed by atoms with Crippen LogP contribution in [0.25, 0.3) is 17.0 Å². The summed E-state index contributed by atoms with van der Waals surface area (Å²) in [5.41, 5.74) is 5.65. The fourth-order valence-electron chi connectivity index (χ4n) is 2.81. The van der Waals surface area contributed by atoms with Crippen LogP contribution >= 0.6 is 15.9 Å². The van der Waals surface area contributed by atoms with E-state index in [0.29, 0.717) is 0 Å². The molecule has 2 aromatic rings. The lowest BCUT2D eigenvalue weighted by Gasteiger charge is -2.10. The highest BCUT2D eigenvalue weighted by Crippen LogP contribution is 2.29. The first-order chi connectivity index (χ1) is 8.88. The molecule has 0 atom stereocenters. The van der Waals surface area contributed by atoms with Crippen molar-refractivity contribution in [3.63, 3.8) is 0 Å². The van der Waals surface area contributed by atoms with Gasteiger partial charge in [-0.05, 0) is 55.4 Å². The fourth-order valence-corrected chi connectivity index (χ4v) is 3.07. The molecule has 0 saturated carbocycles. The van der Waals surface area contributed by atoms with Crippen LogP contribution in [-0.4, -0.2) is 10.3 Å². The topological polar surface area (TPSA) is 15.8 Å². The number of allylic oxidation sites excluding steroid dienone is 1. The van der Waals surface area contributed by atoms with Crippen molar-refractivity contribution >= 4 is 32.9 Å². The first-order valence-electron chi connectivity index (χ1n) is 6.74. The lowest BCUT2D eigenvalue weighted by molar-refractivity contribution is 0.680. The van der Waals surface area contributed by atoms with Crippen LogP contribution in [0.4, 0.5) is 0 Å². The van der Waals surface area contributed by atoms with Gasteiger partial charge in [0.15, 0.2) is 0 Å². The molecule has 0 aliphatic heterocycles. The summed E-state index contributed by atoms with van der Waals surface area (Å²) < 4.78 is 0. The molecular formula is C16H18BrN. The molecule has 1 nitrogen and oxygen atoms in total. The molecule has 1 aromatic heterocycles. The zero-order valence-corrected chi connectivity index (χ0v) is 12.1. The Bertz CT molecular complexity index is 580. The quantitative estimate of drug-likeness (QED) is 0.781. The van der Waals surface area contributed by atoms with Gasteiger partial charge in [-0.1, -0.05) is 34.1 Å². The average Bonchev–Trinajstić information content (AvgIpc) is 2.77. The number of halogens is 1. The highest BCUT2D eigenvalue weighted by molar-refractivity contribution is 9.09. The summed E-state index contributed by atoms with van der Waals surface area (Å²) in [6.45, 7) is 0. The molecule has 1 heterocycles. The third-order valence-corrected chi connectivity index (χ3v) is 4.17. The third-order valence-electron chi connectivity index (χ3n) is 3.71. The van der Waals surface area contributed by atoms with Crippen molar-refractivity contribution in [2.75, 3.05) is 5.33 Å². The van der Waals surface area contributed by atoms with Crippen molar-refractivity contribution in [2.24, 2.45) is 0 Å². The van der Waals surface area contributed by atoms with Crippen LogP contribution in [0.15, 0.2) is 24.3 Å². The van der Waals surface area contributed by atoms with Gasteiger partial charge in [-0.3, -0.25) is 0 Å². The van der Waals surface area contributed by atoms with Crippen LogP contribution in [0.5, 0.6) is 0 Å². The van der Waals surface area contributed by atoms with Gasteiger partial charge in [0.2, 0.25) is 0 Å². The summed E-state index contributed by atoms with van der Waals surface area (Å²) in [7, 11) is 0. The first-order valence-corrected chi connectivity index (χ1v) is 7.86. The molecule has 0 fully saturated rings. The number of hydrogen-bond acceptors (Lipinski definition) is 0. The van der Waals surface area contributed by atoms with Gasteiger partial charge in [0.25, 0.3) is 0 Å². The van der Waals surface area contributed by atoms with E-state index in [4.69, 9.17) is 0 Å². The summed E-state index contributed by atoms with van der Waals surface area (Å²) in [6.07, 6.45) is 10.7. The van der Waals surface area contributed by atoms with Crippen LogP contribution in [-0.2, 0) is 12.8 Å². The molecule has 1 aliphatic rings. The molecule has 0 bridgehead atoms. The van der Waals surface area contributed by atoms with Gasteiger partial charge in [-0.25, -0.2) is 0 Å². The van der Waals surface area contributed by atoms with Crippen LogP contribution in [0.2, 0.25) is 0 Å². The predicted molar refractivity (Wildman–Crippen MR) is 82.4 cm³/mol. The third kappa shape index (κ3) is 2.26. The number of hydrogen-bond donors (Lipinski definition) is 1. The number of aromatic amines is 1. The molecular weight excluding hydrogens is 286 g/mol. The van der Waals surface area contributed by atoms with Crippen LogP contribution in [0, 0.1) is 0 Å². The Hall–Kier alpha value is -1.02. The first kappa shape index (κ1) is 12.0. The molecule has 0 radical (unpaired) electrons. The molecule has 94 valence electrons. The summed E-state index contributed by atoms with van der Waals surface area (Å²) in [5.74, 6) is 0. The van der Waals surface area contributed by atoms with E-state index in [0.717, 1.165) is 11.8 Å². The molecule has 0 spiro atoms. The minimum Gasteiger partial charge on any atom is -0.358 e. The van der Waals surface area contributed by atoms with Gasteiger partial charge in [-0.15, -0.1) is 0 Å². The van der Waals surface area contributed by atoms with Crippen molar-refractivity contribution in [2.45, 2.75) is 32.1 Å². The van der Waals surface area contributed by atoms with E-state index in [1.54, 1.807) is 5.56 Å². The highest BCUT2D eigenvalue weighted by Gasteiger charge is 2.14. The Morgan fingerprint density at radius 3 is 3.00 bits per heavy atom. The second-order valence-electron chi connectivity index (χ2n) is 4.97. The van der Waals surface area contributed by atoms with Gasteiger partial charge < -0.3 is 4.98 Å². The van der Waals surface area contributed by atoms with E-state index >= 15 is 0 Å². The van der Waals surface area contributed by atoms with Gasteiger partial charge in [-0.2, -0.15) is 0 Å². The summed E-state index contributed by atoms with van der Waals surface area (Å²) in [4.78, 5) is 3.58. The van der Waals surface area contributed by atoms with Crippen molar-refractivity contribution in [3.05, 3.63) is 41.1 Å². The maximum atomic E-state index is 3.58. The molecule has 3 rings (SSSR count). The molecule has 2 heteroatoms. The second kappa shape index (κ2) is 5.31. The Labute approximate surface area is 116 Å². The number of fused-ring (bicyclic) bond motifs is 3. The minimum absolute atomic E-state index is 1.03. The second-order valence-corrected chi connectivity index (χ2v) is 5.77. The number of benzene rings is 1. The van der Waals surface area contributed by atoms with Crippen molar-refractivity contribution < 1.29 is 0 Å². The van der Waals surface area contributed by atoms with E-state index in [2.05, 4.69) is 51.3 Å². The van der Waals surface area contributed by atoms with E-state index in [1.807, 2.05) is 0 Å². The lowest BCUT2D eigenvalue weighted by atomic mass is 9.95. The van der Waals surface area contributed by atoms with Gasteiger partial charge >= 0.3 is 0 Å². The normalized spacial score (nSPS) is 15.4. The molecule has 18 heavy (non-hydrogen) atoms. The molecule has 0 unspecified atom stereocenters. The number of aryl methyl sites for hydroxylation is 2. The smallest absolute Gasteiger partial charge is 0.0459 e. The highest BCUT2D eigenvalue weighted by atomic mass is 79.9. The molecule has 1 aliphatic carbocycles. The van der Waals surface area contributed by atoms with Crippen LogP contribution in [0.3, 0.4) is 0 Å².